The Balaban J connectivity index is 0.977. The Morgan fingerprint density at radius 3 is 1.19 bits per heavy atom. The van der Waals surface area contributed by atoms with Gasteiger partial charge in [-0.25, -0.2) is 8.78 Å². The molecule has 0 spiro atoms. The molecule has 2 aliphatic heterocycles. The Kier molecular flexibility index (Phi) is 10.9. The summed E-state index contributed by atoms with van der Waals surface area (Å²) in [6.07, 6.45) is 0. The third-order valence-electron chi connectivity index (χ3n) is 17.3. The SMILES string of the molecule is C[SiH]1c2ccccc2N(c2ccc3c4cc(-c5ccc6c(c5)c5ccc(N7c8ccccc8[Si](C)(C)c8ccccc87)cc5n6-c5cc(F)cc(C(C)(C)C)c5)ccc4n(-c4cc(F)cc(C(C)(C)C)c4)c3c2)c2ccccc21. The van der Waals surface area contributed by atoms with E-state index in [-0.39, 0.29) is 22.5 Å². The van der Waals surface area contributed by atoms with Crippen LogP contribution in [0.25, 0.3) is 66.1 Å². The first-order chi connectivity index (χ1) is 37.9. The normalized spacial score (nSPS) is 14.3. The van der Waals surface area contributed by atoms with E-state index in [1.807, 2.05) is 0 Å². The molecule has 4 nitrogen and oxygen atoms in total. The van der Waals surface area contributed by atoms with Crippen LogP contribution in [-0.4, -0.2) is 26.0 Å². The maximum atomic E-state index is 16.1. The van der Waals surface area contributed by atoms with E-state index in [0.29, 0.717) is 0 Å². The second kappa shape index (κ2) is 17.6. The van der Waals surface area contributed by atoms with Gasteiger partial charge in [0.15, 0.2) is 0 Å². The third-order valence-corrected chi connectivity index (χ3v) is 23.7. The maximum Gasteiger partial charge on any atom is 0.125 e. The lowest BCUT2D eigenvalue weighted by molar-refractivity contribution is 0.571. The minimum Gasteiger partial charge on any atom is -0.311 e. The van der Waals surface area contributed by atoms with Gasteiger partial charge in [0.05, 0.1) is 22.1 Å². The van der Waals surface area contributed by atoms with E-state index >= 15 is 8.78 Å². The number of hydrogen-bond acceptors (Lipinski definition) is 2. The molecule has 4 heterocycles. The van der Waals surface area contributed by atoms with Gasteiger partial charge in [0.25, 0.3) is 0 Å². The minimum atomic E-state index is -2.02. The van der Waals surface area contributed by atoms with Crippen LogP contribution in [0, 0.1) is 11.6 Å². The molecule has 0 radical (unpaired) electrons. The van der Waals surface area contributed by atoms with Crippen molar-refractivity contribution in [2.45, 2.75) is 72.0 Å². The van der Waals surface area contributed by atoms with Gasteiger partial charge in [-0.05, 0) is 163 Å². The molecule has 0 unspecified atom stereocenters. The van der Waals surface area contributed by atoms with Gasteiger partial charge in [-0.2, -0.15) is 0 Å². The molecule has 79 heavy (non-hydrogen) atoms. The molecule has 0 amide bonds. The molecule has 14 rings (SSSR count). The van der Waals surface area contributed by atoms with Crippen molar-refractivity contribution in [3.05, 3.63) is 229 Å². The monoisotopic (exact) mass is 1060 g/mol. The molecular formula is C71H62F2N4Si2. The van der Waals surface area contributed by atoms with E-state index in [4.69, 9.17) is 0 Å². The molecule has 0 atom stereocenters. The molecule has 2 aromatic heterocycles. The van der Waals surface area contributed by atoms with Gasteiger partial charge < -0.3 is 18.9 Å². The highest BCUT2D eigenvalue weighted by Gasteiger charge is 2.38. The third kappa shape index (κ3) is 7.70. The lowest BCUT2D eigenvalue weighted by Crippen LogP contribution is -2.58. The highest BCUT2D eigenvalue weighted by Crippen LogP contribution is 2.45. The number of halogens is 2. The van der Waals surface area contributed by atoms with E-state index in [0.717, 1.165) is 88.6 Å². The second-order valence-electron chi connectivity index (χ2n) is 24.6. The van der Waals surface area contributed by atoms with Crippen LogP contribution in [0.3, 0.4) is 0 Å². The van der Waals surface area contributed by atoms with Crippen LogP contribution >= 0.6 is 0 Å². The summed E-state index contributed by atoms with van der Waals surface area (Å²) in [6, 6.07) is 73.7. The van der Waals surface area contributed by atoms with Crippen LogP contribution in [0.5, 0.6) is 0 Å². The van der Waals surface area contributed by atoms with Gasteiger partial charge in [0.1, 0.15) is 28.5 Å². The predicted molar refractivity (Wildman–Crippen MR) is 336 cm³/mol. The fourth-order valence-corrected chi connectivity index (χ4v) is 18.6. The number of para-hydroxylation sites is 4. The van der Waals surface area contributed by atoms with Crippen molar-refractivity contribution in [2.24, 2.45) is 0 Å². The predicted octanol–water partition coefficient (Wildman–Crippen LogP) is 16.8. The first-order valence-corrected chi connectivity index (χ1v) is 33.0. The smallest absolute Gasteiger partial charge is 0.125 e. The molecule has 10 aromatic carbocycles. The molecule has 0 aliphatic carbocycles. The molecule has 8 heteroatoms. The van der Waals surface area contributed by atoms with Crippen molar-refractivity contribution in [1.29, 1.82) is 0 Å². The first-order valence-electron chi connectivity index (χ1n) is 27.7. The number of fused-ring (bicyclic) bond motifs is 10. The highest BCUT2D eigenvalue weighted by molar-refractivity contribution is 7.02. The van der Waals surface area contributed by atoms with Crippen molar-refractivity contribution in [3.63, 3.8) is 0 Å². The quantitative estimate of drug-likeness (QED) is 0.160. The summed E-state index contributed by atoms with van der Waals surface area (Å²) >= 11 is 0. The van der Waals surface area contributed by atoms with E-state index in [1.54, 1.807) is 24.3 Å². The lowest BCUT2D eigenvalue weighted by Gasteiger charge is -2.41. The molecule has 0 saturated heterocycles. The van der Waals surface area contributed by atoms with Crippen molar-refractivity contribution in [2.75, 3.05) is 9.80 Å². The fourth-order valence-electron chi connectivity index (χ4n) is 13.1. The Bertz CT molecular complexity index is 4420. The summed E-state index contributed by atoms with van der Waals surface area (Å²) in [4.78, 5) is 4.85. The molecule has 0 bridgehead atoms. The van der Waals surface area contributed by atoms with Crippen LogP contribution in [0.2, 0.25) is 19.6 Å². The van der Waals surface area contributed by atoms with Crippen LogP contribution in [-0.2, 0) is 10.8 Å². The van der Waals surface area contributed by atoms with Gasteiger partial charge in [0.2, 0.25) is 0 Å². The van der Waals surface area contributed by atoms with Crippen molar-refractivity contribution >= 4 is 115 Å². The maximum absolute atomic E-state index is 16.1. The van der Waals surface area contributed by atoms with Gasteiger partial charge in [-0.3, -0.25) is 0 Å². The summed E-state index contributed by atoms with van der Waals surface area (Å²) < 4.78 is 36.6. The number of hydrogen-bond donors (Lipinski definition) is 0. The standard InChI is InChI=1S/C71H62F2N4Si2/c1-70(2,3)46-36-48(72)40-52(38-46)76-58-32-26-44(34-56(58)54-30-28-50(42-64(54)76)74-60-18-10-14-22-66(60)78(7)67-23-15-11-19-61(67)74)45-27-33-59-57(35-45)55-31-29-51(43-65(55)77(59)53-39-47(71(4,5)6)37-49(73)41-53)75-62-20-12-16-24-68(62)79(8,9)69-25-17-13-21-63(69)75/h10-43,78H,1-9H3. The van der Waals surface area contributed by atoms with Gasteiger partial charge in [-0.15, -0.1) is 0 Å². The van der Waals surface area contributed by atoms with Gasteiger partial charge in [-0.1, -0.05) is 158 Å². The average Bonchev–Trinajstić information content (AvgIpc) is 4.15. The number of nitrogens with zero attached hydrogens (tertiary/aromatic N) is 4. The van der Waals surface area contributed by atoms with Crippen molar-refractivity contribution < 1.29 is 8.78 Å². The zero-order valence-corrected chi connectivity index (χ0v) is 48.4. The van der Waals surface area contributed by atoms with E-state index in [9.17, 15) is 0 Å². The van der Waals surface area contributed by atoms with E-state index < -0.39 is 16.9 Å². The molecule has 12 aromatic rings. The highest BCUT2D eigenvalue weighted by atomic mass is 28.3. The molecular weight excluding hydrogens is 1000 g/mol. The zero-order chi connectivity index (χ0) is 54.4. The first kappa shape index (κ1) is 49.0. The summed E-state index contributed by atoms with van der Waals surface area (Å²) in [5.41, 5.74) is 16.0. The number of anilines is 6. The summed E-state index contributed by atoms with van der Waals surface area (Å²) in [5, 5.41) is 9.97. The van der Waals surface area contributed by atoms with Crippen molar-refractivity contribution in [3.8, 4) is 22.5 Å². The summed E-state index contributed by atoms with van der Waals surface area (Å²) in [5.74, 6) is -0.516. The average molecular weight is 1070 g/mol. The molecule has 388 valence electrons. The van der Waals surface area contributed by atoms with Crippen LogP contribution in [0.4, 0.5) is 42.9 Å². The van der Waals surface area contributed by atoms with Gasteiger partial charge in [0, 0.05) is 67.0 Å². The molecule has 2 aliphatic rings. The number of rotatable bonds is 5. The Labute approximate surface area is 464 Å². The minimum absolute atomic E-state index is 0.258. The fraction of sp³-hybridized carbons (Fsp3) is 0.155. The van der Waals surface area contributed by atoms with E-state index in [2.05, 4.69) is 262 Å². The van der Waals surface area contributed by atoms with E-state index in [1.165, 1.54) is 43.5 Å². The molecule has 0 saturated carbocycles. The zero-order valence-electron chi connectivity index (χ0n) is 46.3. The summed E-state index contributed by atoms with van der Waals surface area (Å²) in [7, 11) is -3.47. The lowest BCUT2D eigenvalue weighted by atomic mass is 9.87. The van der Waals surface area contributed by atoms with Crippen LogP contribution in [0.1, 0.15) is 52.7 Å². The number of aromatic nitrogens is 2. The second-order valence-corrected chi connectivity index (χ2v) is 31.6. The largest absolute Gasteiger partial charge is 0.311 e. The number of benzene rings is 10. The Morgan fingerprint density at radius 2 is 0.759 bits per heavy atom. The topological polar surface area (TPSA) is 16.3 Å². The van der Waals surface area contributed by atoms with Crippen molar-refractivity contribution in [1.82, 2.24) is 9.13 Å². The van der Waals surface area contributed by atoms with Crippen LogP contribution in [0.15, 0.2) is 206 Å². The summed E-state index contributed by atoms with van der Waals surface area (Å²) in [6.45, 7) is 20.2. The Hall–Kier alpha value is -8.31. The van der Waals surface area contributed by atoms with Crippen LogP contribution < -0.4 is 30.5 Å². The molecule has 0 N–H and O–H groups in total. The Morgan fingerprint density at radius 1 is 0.367 bits per heavy atom. The molecule has 0 fully saturated rings. The van der Waals surface area contributed by atoms with Gasteiger partial charge >= 0.3 is 0 Å².